The van der Waals surface area contributed by atoms with Crippen LogP contribution >= 0.6 is 12.6 Å². The van der Waals surface area contributed by atoms with E-state index in [0.717, 1.165) is 22.4 Å². The summed E-state index contributed by atoms with van der Waals surface area (Å²) in [5.41, 5.74) is 0. The van der Waals surface area contributed by atoms with Crippen LogP contribution in [0.15, 0.2) is 0 Å². The monoisotopic (exact) mass is 168 g/mol. The van der Waals surface area contributed by atoms with Crippen LogP contribution < -0.4 is 0 Å². The second-order valence-electron chi connectivity index (χ2n) is 1.37. The Bertz CT molecular complexity index is 49.1. The van der Waals surface area contributed by atoms with Gasteiger partial charge in [0.25, 0.3) is 0 Å². The normalized spacial score (nSPS) is 10.3. The van der Waals surface area contributed by atoms with E-state index in [4.69, 9.17) is 0 Å². The van der Waals surface area contributed by atoms with Crippen LogP contribution in [0.2, 0.25) is 0 Å². The summed E-state index contributed by atoms with van der Waals surface area (Å²) in [4.78, 5) is 9.06. The van der Waals surface area contributed by atoms with Crippen molar-refractivity contribution >= 4 is 22.9 Å². The maximum Gasteiger partial charge on any atom is 0.0861 e. The highest BCUT2D eigenvalue weighted by Crippen LogP contribution is 1.86. The molecule has 0 spiro atoms. The molecule has 0 aliphatic carbocycles. The fraction of sp³-hybridized carbons (Fsp3) is 1.00. The van der Waals surface area contributed by atoms with Gasteiger partial charge in [-0.2, -0.15) is 12.6 Å². The third-order valence-corrected chi connectivity index (χ3v) is 1.15. The first-order valence-corrected chi connectivity index (χ1v) is 4.98. The smallest absolute Gasteiger partial charge is 0.0861 e. The maximum atomic E-state index is 4.57. The van der Waals surface area contributed by atoms with Gasteiger partial charge in [-0.1, -0.05) is 5.04 Å². The Hall–Kier alpha value is 0.447. The number of rotatable bonds is 6. The average Bonchev–Trinajstić information content (AvgIpc) is 1.89. The van der Waals surface area contributed by atoms with Gasteiger partial charge in [-0.25, -0.2) is 9.78 Å². The molecule has 0 rings (SSSR count). The van der Waals surface area contributed by atoms with Crippen molar-refractivity contribution < 1.29 is 14.8 Å². The molecule has 0 radical (unpaired) electrons. The summed E-state index contributed by atoms with van der Waals surface area (Å²) >= 11 is 3.98. The van der Waals surface area contributed by atoms with Gasteiger partial charge in [0, 0.05) is 10.2 Å². The molecule has 56 valence electrons. The van der Waals surface area contributed by atoms with Crippen LogP contribution in [0.1, 0.15) is 6.42 Å². The first kappa shape index (κ1) is 9.45. The highest BCUT2D eigenvalue weighted by Gasteiger charge is 1.85. The van der Waals surface area contributed by atoms with Gasteiger partial charge < -0.3 is 0 Å². The Morgan fingerprint density at radius 1 is 1.33 bits per heavy atom. The molecule has 0 heterocycles. The van der Waals surface area contributed by atoms with Crippen molar-refractivity contribution in [3.63, 3.8) is 0 Å². The number of thiol groups is 1. The second kappa shape index (κ2) is 8.45. The summed E-state index contributed by atoms with van der Waals surface area (Å²) in [6.45, 7) is 0.547. The van der Waals surface area contributed by atoms with Crippen LogP contribution in [-0.4, -0.2) is 28.8 Å². The van der Waals surface area contributed by atoms with E-state index in [1.165, 1.54) is 0 Å². The topological polar surface area (TPSA) is 27.7 Å². The standard InChI is InChI=1S/C4H12O3SSi/c8-3-1-2-5-7-6-4-9/h8H,1-4H2,9H3. The largest absolute Gasteiger partial charge is 0.211 e. The first-order valence-electron chi connectivity index (χ1n) is 2.93. The number of hydrogen-bond acceptors (Lipinski definition) is 4. The SMILES string of the molecule is [SiH3]COOOCCCS. The zero-order valence-electron chi connectivity index (χ0n) is 5.50. The molecule has 0 aliphatic heterocycles. The van der Waals surface area contributed by atoms with E-state index in [9.17, 15) is 0 Å². The molecule has 0 amide bonds. The third-order valence-electron chi connectivity index (χ3n) is 0.600. The molecule has 0 aromatic heterocycles. The maximum absolute atomic E-state index is 4.57. The van der Waals surface area contributed by atoms with Crippen molar-refractivity contribution in [1.29, 1.82) is 0 Å². The van der Waals surface area contributed by atoms with Crippen molar-refractivity contribution in [2.75, 3.05) is 18.6 Å². The van der Waals surface area contributed by atoms with E-state index in [2.05, 4.69) is 27.4 Å². The molecule has 3 nitrogen and oxygen atoms in total. The van der Waals surface area contributed by atoms with Gasteiger partial charge in [-0.15, -0.1) is 0 Å². The van der Waals surface area contributed by atoms with Gasteiger partial charge in [0.1, 0.15) is 0 Å². The van der Waals surface area contributed by atoms with Crippen molar-refractivity contribution in [3.8, 4) is 0 Å². The molecule has 0 N–H and O–H groups in total. The van der Waals surface area contributed by atoms with Gasteiger partial charge in [-0.05, 0) is 12.2 Å². The van der Waals surface area contributed by atoms with E-state index in [1.54, 1.807) is 0 Å². The average molecular weight is 168 g/mol. The van der Waals surface area contributed by atoms with Crippen LogP contribution in [0.25, 0.3) is 0 Å². The van der Waals surface area contributed by atoms with E-state index in [1.807, 2.05) is 0 Å². The van der Waals surface area contributed by atoms with Crippen LogP contribution in [-0.2, 0) is 14.8 Å². The van der Waals surface area contributed by atoms with Crippen molar-refractivity contribution in [2.24, 2.45) is 0 Å². The minimum absolute atomic E-state index is 0.547. The summed E-state index contributed by atoms with van der Waals surface area (Å²) in [5.74, 6) is 0.810. The second-order valence-corrected chi connectivity index (χ2v) is 2.40. The number of hydrogen-bond donors (Lipinski definition) is 1. The van der Waals surface area contributed by atoms with Crippen LogP contribution in [0.5, 0.6) is 0 Å². The minimum atomic E-state index is 0.547. The van der Waals surface area contributed by atoms with E-state index < -0.39 is 0 Å². The minimum Gasteiger partial charge on any atom is -0.211 e. The van der Waals surface area contributed by atoms with Gasteiger partial charge >= 0.3 is 0 Å². The van der Waals surface area contributed by atoms with Crippen LogP contribution in [0, 0.1) is 0 Å². The van der Waals surface area contributed by atoms with Crippen molar-refractivity contribution in [3.05, 3.63) is 0 Å². The summed E-state index contributed by atoms with van der Waals surface area (Å²) < 4.78 is 0. The molecule has 9 heavy (non-hydrogen) atoms. The summed E-state index contributed by atoms with van der Waals surface area (Å²) in [6, 6.07) is 0. The lowest BCUT2D eigenvalue weighted by Crippen LogP contribution is -1.99. The Kier molecular flexibility index (Phi) is 8.87. The summed E-state index contributed by atoms with van der Waals surface area (Å²) in [6.07, 6.45) is 1.52. The van der Waals surface area contributed by atoms with Gasteiger partial charge in [0.15, 0.2) is 0 Å². The zero-order chi connectivity index (χ0) is 6.95. The molecule has 0 bridgehead atoms. The Morgan fingerprint density at radius 3 is 2.67 bits per heavy atom. The lowest BCUT2D eigenvalue weighted by atomic mass is 10.5. The molecule has 0 saturated carbocycles. The van der Waals surface area contributed by atoms with Gasteiger partial charge in [0.05, 0.1) is 12.8 Å². The summed E-state index contributed by atoms with van der Waals surface area (Å²) in [7, 11) is 0.966. The molecule has 0 unspecified atom stereocenters. The molecule has 0 aliphatic rings. The highest BCUT2D eigenvalue weighted by molar-refractivity contribution is 7.80. The third kappa shape index (κ3) is 8.45. The molecule has 0 aromatic carbocycles. The van der Waals surface area contributed by atoms with Gasteiger partial charge in [-0.3, -0.25) is 0 Å². The highest BCUT2D eigenvalue weighted by atomic mass is 32.1. The Balaban J connectivity index is 2.60. The lowest BCUT2D eigenvalue weighted by Gasteiger charge is -1.98. The lowest BCUT2D eigenvalue weighted by molar-refractivity contribution is -0.506. The molecule has 5 heteroatoms. The molecular weight excluding hydrogens is 156 g/mol. The Labute approximate surface area is 63.4 Å². The molecule has 0 fully saturated rings. The van der Waals surface area contributed by atoms with Crippen LogP contribution in [0.3, 0.4) is 0 Å². The predicted molar refractivity (Wildman–Crippen MR) is 41.4 cm³/mol. The Morgan fingerprint density at radius 2 is 2.11 bits per heavy atom. The molecular formula is C4H12O3SSi. The molecule has 0 atom stereocenters. The van der Waals surface area contributed by atoms with E-state index in [0.29, 0.717) is 12.8 Å². The quantitative estimate of drug-likeness (QED) is 0.191. The van der Waals surface area contributed by atoms with Crippen LogP contribution in [0.4, 0.5) is 0 Å². The van der Waals surface area contributed by atoms with E-state index in [-0.39, 0.29) is 0 Å². The zero-order valence-corrected chi connectivity index (χ0v) is 8.39. The first-order chi connectivity index (χ1) is 4.41. The molecule has 0 saturated heterocycles. The van der Waals surface area contributed by atoms with Crippen molar-refractivity contribution in [1.82, 2.24) is 0 Å². The van der Waals surface area contributed by atoms with Gasteiger partial charge in [0.2, 0.25) is 0 Å². The predicted octanol–water partition coefficient (Wildman–Crippen LogP) is -0.491. The van der Waals surface area contributed by atoms with E-state index >= 15 is 0 Å². The fourth-order valence-corrected chi connectivity index (χ4v) is 0.465. The van der Waals surface area contributed by atoms with Crippen molar-refractivity contribution in [2.45, 2.75) is 6.42 Å². The fourth-order valence-electron chi connectivity index (χ4n) is 0.240. The molecule has 0 aromatic rings. The summed E-state index contributed by atoms with van der Waals surface area (Å²) in [5, 5.41) is 4.29.